The van der Waals surface area contributed by atoms with Gasteiger partial charge in [-0.05, 0) is 6.07 Å². The summed E-state index contributed by atoms with van der Waals surface area (Å²) in [5, 5.41) is 0.375. The van der Waals surface area contributed by atoms with Crippen molar-refractivity contribution < 1.29 is 8.78 Å². The zero-order valence-corrected chi connectivity index (χ0v) is 9.71. The highest BCUT2D eigenvalue weighted by atomic mass is 32.1. The molecule has 4 nitrogen and oxygen atoms in total. The molecule has 2 heterocycles. The molecule has 0 aliphatic heterocycles. The summed E-state index contributed by atoms with van der Waals surface area (Å²) < 4.78 is 26.7. The van der Waals surface area contributed by atoms with Crippen LogP contribution in [0.15, 0.2) is 24.5 Å². The third-order valence-corrected chi connectivity index (χ3v) is 3.35. The number of hydrogen-bond donors (Lipinski definition) is 1. The summed E-state index contributed by atoms with van der Waals surface area (Å²) in [5.41, 5.74) is 5.89. The number of hydrogen-bond acceptors (Lipinski definition) is 5. The quantitative estimate of drug-likeness (QED) is 0.686. The molecule has 0 aliphatic carbocycles. The van der Waals surface area contributed by atoms with E-state index in [0.717, 1.165) is 6.07 Å². The van der Waals surface area contributed by atoms with Gasteiger partial charge in [-0.25, -0.2) is 23.7 Å². The Hall–Kier alpha value is -2.15. The summed E-state index contributed by atoms with van der Waals surface area (Å²) in [4.78, 5) is 12.8. The number of nitrogens with two attached hydrogens (primary N) is 1. The molecule has 0 atom stereocenters. The average Bonchev–Trinajstić information content (AvgIpc) is 2.77. The van der Waals surface area contributed by atoms with E-state index in [1.807, 2.05) is 0 Å². The van der Waals surface area contributed by atoms with Crippen LogP contribution in [-0.2, 0) is 0 Å². The number of thiazole rings is 1. The van der Waals surface area contributed by atoms with Crippen LogP contribution < -0.4 is 5.73 Å². The molecule has 3 rings (SSSR count). The lowest BCUT2D eigenvalue weighted by Crippen LogP contribution is -1.94. The fraction of sp³-hybridized carbons (Fsp3) is 0. The summed E-state index contributed by atoms with van der Waals surface area (Å²) in [5.74, 6) is -1.49. The minimum Gasteiger partial charge on any atom is -0.396 e. The van der Waals surface area contributed by atoms with Crippen molar-refractivity contribution >= 4 is 27.5 Å². The van der Waals surface area contributed by atoms with Crippen LogP contribution >= 0.6 is 11.3 Å². The van der Waals surface area contributed by atoms with Gasteiger partial charge in [-0.2, -0.15) is 0 Å². The molecule has 0 spiro atoms. The number of halogens is 2. The number of nitrogen functional groups attached to an aromatic ring is 1. The second-order valence-corrected chi connectivity index (χ2v) is 4.54. The maximum Gasteiger partial charge on any atom is 0.190 e. The Labute approximate surface area is 104 Å². The molecule has 2 aromatic heterocycles. The number of benzene rings is 1. The number of nitrogens with zero attached hydrogens (tertiary/aromatic N) is 3. The van der Waals surface area contributed by atoms with Gasteiger partial charge in [-0.15, -0.1) is 0 Å². The van der Waals surface area contributed by atoms with Gasteiger partial charge in [0.25, 0.3) is 0 Å². The molecular formula is C11H6F2N4S. The molecule has 90 valence electrons. The van der Waals surface area contributed by atoms with E-state index < -0.39 is 11.6 Å². The molecule has 0 radical (unpaired) electrons. The van der Waals surface area contributed by atoms with Gasteiger partial charge < -0.3 is 5.73 Å². The molecule has 3 aromatic rings. The van der Waals surface area contributed by atoms with E-state index in [9.17, 15) is 8.78 Å². The normalized spacial score (nSPS) is 11.0. The van der Waals surface area contributed by atoms with Crippen molar-refractivity contribution in [1.29, 1.82) is 0 Å². The zero-order valence-electron chi connectivity index (χ0n) is 8.89. The van der Waals surface area contributed by atoms with Crippen molar-refractivity contribution in [3.05, 3.63) is 36.2 Å². The molecule has 7 heteroatoms. The predicted molar refractivity (Wildman–Crippen MR) is 65.0 cm³/mol. The number of fused-ring (bicyclic) bond motifs is 1. The molecule has 0 saturated heterocycles. The van der Waals surface area contributed by atoms with Gasteiger partial charge in [0, 0.05) is 24.0 Å². The standard InChI is InChI=1S/C11H6F2N4S/c12-6-4-7(13)8(14)3-5(6)10-17-9-11(18-10)16-2-1-15-9/h1-4H,14H2. The van der Waals surface area contributed by atoms with Crippen LogP contribution in [0.25, 0.3) is 21.0 Å². The van der Waals surface area contributed by atoms with E-state index in [0.29, 0.717) is 15.5 Å². The molecule has 0 fully saturated rings. The Morgan fingerprint density at radius 1 is 1.06 bits per heavy atom. The van der Waals surface area contributed by atoms with E-state index >= 15 is 0 Å². The summed E-state index contributed by atoms with van der Waals surface area (Å²) in [7, 11) is 0. The van der Waals surface area contributed by atoms with Crippen LogP contribution in [0.5, 0.6) is 0 Å². The molecular weight excluding hydrogens is 258 g/mol. The first-order chi connectivity index (χ1) is 8.65. The van der Waals surface area contributed by atoms with Crippen LogP contribution in [0.4, 0.5) is 14.5 Å². The lowest BCUT2D eigenvalue weighted by atomic mass is 10.2. The van der Waals surface area contributed by atoms with Crippen LogP contribution in [0.1, 0.15) is 0 Å². The lowest BCUT2D eigenvalue weighted by molar-refractivity contribution is 0.588. The van der Waals surface area contributed by atoms with E-state index in [2.05, 4.69) is 15.0 Å². The SMILES string of the molecule is Nc1cc(-c2nc3nccnc3s2)c(F)cc1F. The summed E-state index contributed by atoms with van der Waals surface area (Å²) >= 11 is 1.18. The Morgan fingerprint density at radius 3 is 2.61 bits per heavy atom. The molecule has 0 unspecified atom stereocenters. The number of rotatable bonds is 1. The summed E-state index contributed by atoms with van der Waals surface area (Å²) in [6.45, 7) is 0. The highest BCUT2D eigenvalue weighted by molar-refractivity contribution is 7.21. The number of anilines is 1. The maximum atomic E-state index is 13.7. The van der Waals surface area contributed by atoms with Crippen molar-refractivity contribution in [2.24, 2.45) is 0 Å². The average molecular weight is 264 g/mol. The van der Waals surface area contributed by atoms with Gasteiger partial charge in [0.05, 0.1) is 5.69 Å². The van der Waals surface area contributed by atoms with Crippen LogP contribution in [-0.4, -0.2) is 15.0 Å². The van der Waals surface area contributed by atoms with Gasteiger partial charge >= 0.3 is 0 Å². The fourth-order valence-electron chi connectivity index (χ4n) is 1.52. The fourth-order valence-corrected chi connectivity index (χ4v) is 2.41. The van der Waals surface area contributed by atoms with Crippen molar-refractivity contribution in [2.45, 2.75) is 0 Å². The molecule has 1 aromatic carbocycles. The largest absolute Gasteiger partial charge is 0.396 e. The highest BCUT2D eigenvalue weighted by Gasteiger charge is 2.14. The van der Waals surface area contributed by atoms with Gasteiger partial charge in [0.2, 0.25) is 0 Å². The van der Waals surface area contributed by atoms with Gasteiger partial charge in [0.1, 0.15) is 16.6 Å². The summed E-state index contributed by atoms with van der Waals surface area (Å²) in [6, 6.07) is 1.97. The Balaban J connectivity index is 2.22. The van der Waals surface area contributed by atoms with Gasteiger partial charge in [-0.1, -0.05) is 11.3 Å². The second-order valence-electron chi connectivity index (χ2n) is 3.56. The third kappa shape index (κ3) is 1.68. The second kappa shape index (κ2) is 3.95. The first-order valence-corrected chi connectivity index (χ1v) is 5.79. The van der Waals surface area contributed by atoms with E-state index in [1.54, 1.807) is 0 Å². The Kier molecular flexibility index (Phi) is 2.41. The number of aromatic nitrogens is 3. The van der Waals surface area contributed by atoms with E-state index in [4.69, 9.17) is 5.73 Å². The van der Waals surface area contributed by atoms with Gasteiger partial charge in [-0.3, -0.25) is 0 Å². The summed E-state index contributed by atoms with van der Waals surface area (Å²) in [6.07, 6.45) is 3.03. The Bertz CT molecular complexity index is 708. The molecule has 0 bridgehead atoms. The molecule has 18 heavy (non-hydrogen) atoms. The molecule has 2 N–H and O–H groups in total. The van der Waals surface area contributed by atoms with Crippen LogP contribution in [0.2, 0.25) is 0 Å². The van der Waals surface area contributed by atoms with Crippen molar-refractivity contribution in [1.82, 2.24) is 15.0 Å². The topological polar surface area (TPSA) is 64.7 Å². The van der Waals surface area contributed by atoms with E-state index in [-0.39, 0.29) is 11.3 Å². The smallest absolute Gasteiger partial charge is 0.190 e. The minimum absolute atomic E-state index is 0.119. The predicted octanol–water partition coefficient (Wildman–Crippen LogP) is 2.61. The zero-order chi connectivity index (χ0) is 12.7. The van der Waals surface area contributed by atoms with Crippen molar-refractivity contribution in [3.63, 3.8) is 0 Å². The first kappa shape index (κ1) is 11.0. The minimum atomic E-state index is -0.784. The third-order valence-electron chi connectivity index (χ3n) is 2.36. The molecule has 0 amide bonds. The van der Waals surface area contributed by atoms with Gasteiger partial charge in [0.15, 0.2) is 10.5 Å². The molecule has 0 aliphatic rings. The molecule has 0 saturated carbocycles. The maximum absolute atomic E-state index is 13.7. The van der Waals surface area contributed by atoms with E-state index in [1.165, 1.54) is 29.8 Å². The Morgan fingerprint density at radius 2 is 1.83 bits per heavy atom. The van der Waals surface area contributed by atoms with Crippen molar-refractivity contribution in [2.75, 3.05) is 5.73 Å². The first-order valence-electron chi connectivity index (χ1n) is 4.97. The monoisotopic (exact) mass is 264 g/mol. The van der Waals surface area contributed by atoms with Crippen molar-refractivity contribution in [3.8, 4) is 10.6 Å². The van der Waals surface area contributed by atoms with Crippen LogP contribution in [0, 0.1) is 11.6 Å². The van der Waals surface area contributed by atoms with Crippen LogP contribution in [0.3, 0.4) is 0 Å². The lowest BCUT2D eigenvalue weighted by Gasteiger charge is -2.01. The highest BCUT2D eigenvalue weighted by Crippen LogP contribution is 2.31.